The molecule has 118 valence electrons. The minimum atomic E-state index is -0.0525. The summed E-state index contributed by atoms with van der Waals surface area (Å²) >= 11 is 5.94. The van der Waals surface area contributed by atoms with E-state index >= 15 is 0 Å². The summed E-state index contributed by atoms with van der Waals surface area (Å²) < 4.78 is 1.83. The van der Waals surface area contributed by atoms with Crippen molar-refractivity contribution < 1.29 is 4.79 Å². The molecule has 0 spiro atoms. The third-order valence-electron chi connectivity index (χ3n) is 3.46. The molecule has 0 aliphatic rings. The highest BCUT2D eigenvalue weighted by Gasteiger charge is 2.21. The maximum absolute atomic E-state index is 12.5. The number of aryl methyl sites for hydroxylation is 1. The third-order valence-corrected chi connectivity index (χ3v) is 3.71. The smallest absolute Gasteiger partial charge is 0.255 e. The number of aromatic nitrogens is 2. The van der Waals surface area contributed by atoms with Crippen LogP contribution in [0, 0.1) is 12.8 Å². The van der Waals surface area contributed by atoms with Crippen LogP contribution in [0.25, 0.3) is 5.69 Å². The lowest BCUT2D eigenvalue weighted by Crippen LogP contribution is -2.28. The molecule has 5 heteroatoms. The van der Waals surface area contributed by atoms with Crippen molar-refractivity contribution in [3.8, 4) is 5.69 Å². The SMILES string of the molecule is CCc1c(C(=O)NCC(C)C)c(C)nn1-c1ccc(Cl)cc1. The minimum Gasteiger partial charge on any atom is -0.352 e. The summed E-state index contributed by atoms with van der Waals surface area (Å²) in [6, 6.07) is 7.46. The van der Waals surface area contributed by atoms with Crippen molar-refractivity contribution in [2.45, 2.75) is 34.1 Å². The Labute approximate surface area is 136 Å². The average molecular weight is 320 g/mol. The Bertz CT molecular complexity index is 659. The van der Waals surface area contributed by atoms with Gasteiger partial charge in [-0.25, -0.2) is 4.68 Å². The lowest BCUT2D eigenvalue weighted by atomic mass is 10.1. The van der Waals surface area contributed by atoms with Crippen LogP contribution in [-0.4, -0.2) is 22.2 Å². The molecule has 0 fully saturated rings. The molecular weight excluding hydrogens is 298 g/mol. The predicted octanol–water partition coefficient (Wildman–Crippen LogP) is 3.78. The molecule has 0 saturated carbocycles. The zero-order valence-corrected chi connectivity index (χ0v) is 14.2. The van der Waals surface area contributed by atoms with Gasteiger partial charge in [-0.2, -0.15) is 5.10 Å². The topological polar surface area (TPSA) is 46.9 Å². The average Bonchev–Trinajstić information content (AvgIpc) is 2.82. The molecule has 0 aliphatic heterocycles. The summed E-state index contributed by atoms with van der Waals surface area (Å²) in [6.45, 7) is 8.71. The number of nitrogens with one attached hydrogen (secondary N) is 1. The van der Waals surface area contributed by atoms with Gasteiger partial charge in [-0.05, 0) is 43.5 Å². The Morgan fingerprint density at radius 1 is 1.32 bits per heavy atom. The van der Waals surface area contributed by atoms with Gasteiger partial charge >= 0.3 is 0 Å². The summed E-state index contributed by atoms with van der Waals surface area (Å²) in [5, 5.41) is 8.20. The molecule has 1 N–H and O–H groups in total. The van der Waals surface area contributed by atoms with E-state index in [2.05, 4.69) is 24.3 Å². The van der Waals surface area contributed by atoms with Gasteiger partial charge in [-0.1, -0.05) is 32.4 Å². The fourth-order valence-corrected chi connectivity index (χ4v) is 2.50. The van der Waals surface area contributed by atoms with Crippen molar-refractivity contribution >= 4 is 17.5 Å². The Balaban J connectivity index is 2.40. The van der Waals surface area contributed by atoms with E-state index in [4.69, 9.17) is 11.6 Å². The highest BCUT2D eigenvalue weighted by molar-refractivity contribution is 6.30. The zero-order chi connectivity index (χ0) is 16.3. The first-order valence-corrected chi connectivity index (χ1v) is 7.94. The molecule has 1 aromatic heterocycles. The first-order valence-electron chi connectivity index (χ1n) is 7.56. The Hall–Kier alpha value is -1.81. The Morgan fingerprint density at radius 2 is 1.95 bits per heavy atom. The molecule has 0 radical (unpaired) electrons. The number of amides is 1. The summed E-state index contributed by atoms with van der Waals surface area (Å²) in [6.07, 6.45) is 0.730. The van der Waals surface area contributed by atoms with Crippen molar-refractivity contribution in [1.82, 2.24) is 15.1 Å². The molecule has 0 atom stereocenters. The molecule has 2 aromatic rings. The van der Waals surface area contributed by atoms with Gasteiger partial charge < -0.3 is 5.32 Å². The van der Waals surface area contributed by atoms with Crippen LogP contribution in [0.15, 0.2) is 24.3 Å². The van der Waals surface area contributed by atoms with E-state index in [1.54, 1.807) is 0 Å². The van der Waals surface area contributed by atoms with Crippen molar-refractivity contribution in [3.05, 3.63) is 46.2 Å². The van der Waals surface area contributed by atoms with Gasteiger partial charge in [0.05, 0.1) is 22.6 Å². The second-order valence-corrected chi connectivity index (χ2v) is 6.19. The number of hydrogen-bond acceptors (Lipinski definition) is 2. The lowest BCUT2D eigenvalue weighted by Gasteiger charge is -2.10. The number of hydrogen-bond donors (Lipinski definition) is 1. The summed E-state index contributed by atoms with van der Waals surface area (Å²) in [4.78, 5) is 12.5. The number of rotatable bonds is 5. The molecule has 4 nitrogen and oxygen atoms in total. The van der Waals surface area contributed by atoms with Crippen molar-refractivity contribution in [3.63, 3.8) is 0 Å². The van der Waals surface area contributed by atoms with Crippen LogP contribution in [0.3, 0.4) is 0 Å². The monoisotopic (exact) mass is 319 g/mol. The third kappa shape index (κ3) is 3.50. The van der Waals surface area contributed by atoms with Crippen molar-refractivity contribution in [1.29, 1.82) is 0 Å². The number of carbonyl (C=O) groups is 1. The molecular formula is C17H22ClN3O. The second-order valence-electron chi connectivity index (χ2n) is 5.75. The molecule has 0 aliphatic carbocycles. The van der Waals surface area contributed by atoms with Crippen LogP contribution in [0.5, 0.6) is 0 Å². The number of benzene rings is 1. The van der Waals surface area contributed by atoms with Crippen molar-refractivity contribution in [2.24, 2.45) is 5.92 Å². The van der Waals surface area contributed by atoms with E-state index in [0.29, 0.717) is 23.0 Å². The summed E-state index contributed by atoms with van der Waals surface area (Å²) in [7, 11) is 0. The Morgan fingerprint density at radius 3 is 2.50 bits per heavy atom. The Kier molecular flexibility index (Phi) is 5.24. The molecule has 0 bridgehead atoms. The van der Waals surface area contributed by atoms with Crippen LogP contribution < -0.4 is 5.32 Å². The summed E-state index contributed by atoms with van der Waals surface area (Å²) in [5.74, 6) is 0.365. The first-order chi connectivity index (χ1) is 10.4. The highest BCUT2D eigenvalue weighted by atomic mass is 35.5. The molecule has 2 rings (SSSR count). The van der Waals surface area contributed by atoms with E-state index < -0.39 is 0 Å². The van der Waals surface area contributed by atoms with Crippen LogP contribution in [-0.2, 0) is 6.42 Å². The predicted molar refractivity (Wildman–Crippen MR) is 89.9 cm³/mol. The van der Waals surface area contributed by atoms with E-state index in [1.165, 1.54) is 0 Å². The van der Waals surface area contributed by atoms with E-state index in [9.17, 15) is 4.79 Å². The van der Waals surface area contributed by atoms with Crippen LogP contribution in [0.4, 0.5) is 0 Å². The van der Waals surface area contributed by atoms with Gasteiger partial charge in [0.25, 0.3) is 5.91 Å². The van der Waals surface area contributed by atoms with Gasteiger partial charge in [0.1, 0.15) is 0 Å². The standard InChI is InChI=1S/C17H22ClN3O/c1-5-15-16(17(22)19-10-11(2)3)12(4)20-21(15)14-8-6-13(18)7-9-14/h6-9,11H,5,10H2,1-4H3,(H,19,22). The molecule has 22 heavy (non-hydrogen) atoms. The fraction of sp³-hybridized carbons (Fsp3) is 0.412. The quantitative estimate of drug-likeness (QED) is 0.911. The van der Waals surface area contributed by atoms with E-state index in [0.717, 1.165) is 23.5 Å². The molecule has 0 saturated heterocycles. The molecule has 1 amide bonds. The molecule has 1 aromatic carbocycles. The number of halogens is 1. The fourth-order valence-electron chi connectivity index (χ4n) is 2.38. The van der Waals surface area contributed by atoms with Crippen molar-refractivity contribution in [2.75, 3.05) is 6.54 Å². The van der Waals surface area contributed by atoms with Gasteiger partial charge in [-0.15, -0.1) is 0 Å². The maximum Gasteiger partial charge on any atom is 0.255 e. The minimum absolute atomic E-state index is 0.0525. The zero-order valence-electron chi connectivity index (χ0n) is 13.5. The van der Waals surface area contributed by atoms with Gasteiger partial charge in [-0.3, -0.25) is 4.79 Å². The van der Waals surface area contributed by atoms with Gasteiger partial charge in [0, 0.05) is 11.6 Å². The highest BCUT2D eigenvalue weighted by Crippen LogP contribution is 2.21. The lowest BCUT2D eigenvalue weighted by molar-refractivity contribution is 0.0947. The number of carbonyl (C=O) groups excluding carboxylic acids is 1. The van der Waals surface area contributed by atoms with Crippen LogP contribution in [0.1, 0.15) is 42.5 Å². The number of nitrogens with zero attached hydrogens (tertiary/aromatic N) is 2. The first kappa shape index (κ1) is 16.6. The largest absolute Gasteiger partial charge is 0.352 e. The summed E-state index contributed by atoms with van der Waals surface area (Å²) in [5.41, 5.74) is 3.25. The van der Waals surface area contributed by atoms with E-state index in [1.807, 2.05) is 42.8 Å². The van der Waals surface area contributed by atoms with Crippen LogP contribution in [0.2, 0.25) is 5.02 Å². The van der Waals surface area contributed by atoms with Gasteiger partial charge in [0.15, 0.2) is 0 Å². The maximum atomic E-state index is 12.5. The van der Waals surface area contributed by atoms with Crippen LogP contribution >= 0.6 is 11.6 Å². The van der Waals surface area contributed by atoms with Gasteiger partial charge in [0.2, 0.25) is 0 Å². The molecule has 1 heterocycles. The normalized spacial score (nSPS) is 11.0. The van der Waals surface area contributed by atoms with E-state index in [-0.39, 0.29) is 5.91 Å². The molecule has 0 unspecified atom stereocenters. The second kappa shape index (κ2) is 6.97.